The lowest BCUT2D eigenvalue weighted by molar-refractivity contribution is -0.384. The van der Waals surface area contributed by atoms with Crippen molar-refractivity contribution < 1.29 is 19.2 Å². The van der Waals surface area contributed by atoms with Gasteiger partial charge in [-0.15, -0.1) is 0 Å². The van der Waals surface area contributed by atoms with E-state index in [1.807, 2.05) is 0 Å². The summed E-state index contributed by atoms with van der Waals surface area (Å²) in [5.41, 5.74) is 0.159. The van der Waals surface area contributed by atoms with Crippen LogP contribution >= 0.6 is 11.6 Å². The van der Waals surface area contributed by atoms with Crippen molar-refractivity contribution in [3.05, 3.63) is 57.6 Å². The number of non-ortho nitro benzene ring substituents is 1. The number of benzene rings is 2. The molecule has 0 fully saturated rings. The standard InChI is InChI=1S/C16H16ClN3O5/c1-10(25-13-6-3-11(17)4-7-13)18-16(21)19-14-8-5-12(20(22)23)9-15(14)24-2/h3-10H,1-2H3,(H2,18,19,21). The molecule has 0 spiro atoms. The monoisotopic (exact) mass is 365 g/mol. The van der Waals surface area contributed by atoms with Gasteiger partial charge in [0.2, 0.25) is 0 Å². The molecule has 0 radical (unpaired) electrons. The fourth-order valence-corrected chi connectivity index (χ4v) is 2.11. The van der Waals surface area contributed by atoms with Crippen LogP contribution in [0.3, 0.4) is 0 Å². The average molecular weight is 366 g/mol. The largest absolute Gasteiger partial charge is 0.494 e. The molecule has 0 saturated heterocycles. The maximum absolute atomic E-state index is 12.0. The van der Waals surface area contributed by atoms with Gasteiger partial charge in [0.15, 0.2) is 6.23 Å². The van der Waals surface area contributed by atoms with Gasteiger partial charge in [-0.2, -0.15) is 0 Å². The zero-order valence-electron chi connectivity index (χ0n) is 13.5. The van der Waals surface area contributed by atoms with E-state index in [1.54, 1.807) is 31.2 Å². The van der Waals surface area contributed by atoms with E-state index in [2.05, 4.69) is 10.6 Å². The van der Waals surface area contributed by atoms with Crippen molar-refractivity contribution in [3.8, 4) is 11.5 Å². The molecule has 0 aliphatic carbocycles. The number of amides is 2. The molecule has 8 nitrogen and oxygen atoms in total. The zero-order chi connectivity index (χ0) is 18.4. The van der Waals surface area contributed by atoms with E-state index >= 15 is 0 Å². The number of urea groups is 1. The molecule has 0 heterocycles. The number of hydrogen-bond acceptors (Lipinski definition) is 5. The summed E-state index contributed by atoms with van der Waals surface area (Å²) in [5, 5.41) is 16.5. The van der Waals surface area contributed by atoms with Crippen molar-refractivity contribution in [3.63, 3.8) is 0 Å². The van der Waals surface area contributed by atoms with Crippen LogP contribution in [0.2, 0.25) is 5.02 Å². The number of carbonyl (C=O) groups excluding carboxylic acids is 1. The Morgan fingerprint density at radius 2 is 1.92 bits per heavy atom. The van der Waals surface area contributed by atoms with E-state index in [-0.39, 0.29) is 11.4 Å². The molecular weight excluding hydrogens is 350 g/mol. The van der Waals surface area contributed by atoms with E-state index in [0.717, 1.165) is 0 Å². The normalized spacial score (nSPS) is 11.3. The Morgan fingerprint density at radius 3 is 2.52 bits per heavy atom. The van der Waals surface area contributed by atoms with Crippen LogP contribution in [-0.4, -0.2) is 24.3 Å². The summed E-state index contributed by atoms with van der Waals surface area (Å²) < 4.78 is 10.6. The lowest BCUT2D eigenvalue weighted by atomic mass is 10.2. The van der Waals surface area contributed by atoms with Crippen LogP contribution in [0, 0.1) is 10.1 Å². The third-order valence-electron chi connectivity index (χ3n) is 3.10. The number of nitrogens with one attached hydrogen (secondary N) is 2. The SMILES string of the molecule is COc1cc([N+](=O)[O-])ccc1NC(=O)NC(C)Oc1ccc(Cl)cc1. The van der Waals surface area contributed by atoms with E-state index in [1.165, 1.54) is 25.3 Å². The Kier molecular flexibility index (Phi) is 6.02. The smallest absolute Gasteiger partial charge is 0.322 e. The molecule has 9 heteroatoms. The highest BCUT2D eigenvalue weighted by Crippen LogP contribution is 2.28. The van der Waals surface area contributed by atoms with Crippen LogP contribution in [0.4, 0.5) is 16.2 Å². The van der Waals surface area contributed by atoms with Gasteiger partial charge in [-0.25, -0.2) is 4.79 Å². The van der Waals surface area contributed by atoms with Gasteiger partial charge in [-0.1, -0.05) is 11.6 Å². The number of nitro benzene ring substituents is 1. The van der Waals surface area contributed by atoms with Crippen molar-refractivity contribution >= 4 is 29.0 Å². The van der Waals surface area contributed by atoms with E-state index in [4.69, 9.17) is 21.1 Å². The number of rotatable bonds is 6. The molecule has 2 N–H and O–H groups in total. The maximum atomic E-state index is 12.0. The Balaban J connectivity index is 1.97. The van der Waals surface area contributed by atoms with Crippen molar-refractivity contribution in [2.24, 2.45) is 0 Å². The molecule has 0 bridgehead atoms. The van der Waals surface area contributed by atoms with Crippen molar-refractivity contribution in [2.75, 3.05) is 12.4 Å². The minimum Gasteiger partial charge on any atom is -0.494 e. The molecule has 2 aromatic rings. The van der Waals surface area contributed by atoms with Gasteiger partial charge in [-0.3, -0.25) is 10.1 Å². The number of nitrogens with zero attached hydrogens (tertiary/aromatic N) is 1. The molecule has 0 aromatic heterocycles. The first-order valence-electron chi connectivity index (χ1n) is 7.21. The Morgan fingerprint density at radius 1 is 1.24 bits per heavy atom. The zero-order valence-corrected chi connectivity index (χ0v) is 14.2. The molecule has 0 aliphatic heterocycles. The van der Waals surface area contributed by atoms with E-state index in [0.29, 0.717) is 16.5 Å². The maximum Gasteiger partial charge on any atom is 0.322 e. The van der Waals surface area contributed by atoms with Gasteiger partial charge < -0.3 is 20.1 Å². The van der Waals surface area contributed by atoms with Crippen LogP contribution in [-0.2, 0) is 0 Å². The van der Waals surface area contributed by atoms with Crippen molar-refractivity contribution in [2.45, 2.75) is 13.2 Å². The Hall–Kier alpha value is -3.00. The topological polar surface area (TPSA) is 103 Å². The second kappa shape index (κ2) is 8.20. The minimum atomic E-state index is -0.620. The first-order valence-corrected chi connectivity index (χ1v) is 7.59. The fourth-order valence-electron chi connectivity index (χ4n) is 1.99. The summed E-state index contributed by atoms with van der Waals surface area (Å²) in [7, 11) is 1.36. The predicted octanol–water partition coefficient (Wildman–Crippen LogP) is 3.80. The molecule has 2 aromatic carbocycles. The van der Waals surface area contributed by atoms with Gasteiger partial charge in [0.1, 0.15) is 11.5 Å². The molecule has 2 rings (SSSR count). The lowest BCUT2D eigenvalue weighted by Crippen LogP contribution is -2.39. The van der Waals surface area contributed by atoms with Gasteiger partial charge in [-0.05, 0) is 37.3 Å². The van der Waals surface area contributed by atoms with Gasteiger partial charge in [0.05, 0.1) is 23.8 Å². The van der Waals surface area contributed by atoms with Crippen molar-refractivity contribution in [1.82, 2.24) is 5.32 Å². The predicted molar refractivity (Wildman–Crippen MR) is 93.3 cm³/mol. The number of anilines is 1. The number of hydrogen-bond donors (Lipinski definition) is 2. The van der Waals surface area contributed by atoms with Crippen molar-refractivity contribution in [1.29, 1.82) is 0 Å². The first kappa shape index (κ1) is 18.3. The van der Waals surface area contributed by atoms with E-state index in [9.17, 15) is 14.9 Å². The number of halogens is 1. The van der Waals surface area contributed by atoms with Crippen LogP contribution < -0.4 is 20.1 Å². The highest BCUT2D eigenvalue weighted by atomic mass is 35.5. The lowest BCUT2D eigenvalue weighted by Gasteiger charge is -2.17. The number of ether oxygens (including phenoxy) is 2. The summed E-state index contributed by atoms with van der Waals surface area (Å²) in [5.74, 6) is 0.723. The fraction of sp³-hybridized carbons (Fsp3) is 0.188. The average Bonchev–Trinajstić information content (AvgIpc) is 2.56. The van der Waals surface area contributed by atoms with Gasteiger partial charge >= 0.3 is 6.03 Å². The molecule has 0 aliphatic rings. The summed E-state index contributed by atoms with van der Waals surface area (Å²) in [6, 6.07) is 10.0. The first-order chi connectivity index (χ1) is 11.9. The number of carbonyl (C=O) groups is 1. The highest BCUT2D eigenvalue weighted by molar-refractivity contribution is 6.30. The van der Waals surface area contributed by atoms with Crippen LogP contribution in [0.1, 0.15) is 6.92 Å². The molecule has 132 valence electrons. The second-order valence-corrected chi connectivity index (χ2v) is 5.39. The Labute approximate surface area is 148 Å². The molecular formula is C16H16ClN3O5. The summed E-state index contributed by atoms with van der Waals surface area (Å²) in [6.45, 7) is 1.65. The number of methoxy groups -OCH3 is 1. The van der Waals surface area contributed by atoms with Crippen LogP contribution in [0.5, 0.6) is 11.5 Å². The van der Waals surface area contributed by atoms with Crippen LogP contribution in [0.25, 0.3) is 0 Å². The molecule has 25 heavy (non-hydrogen) atoms. The molecule has 1 atom stereocenters. The summed E-state index contributed by atoms with van der Waals surface area (Å²) >= 11 is 5.79. The number of nitro groups is 1. The Bertz CT molecular complexity index is 767. The summed E-state index contributed by atoms with van der Waals surface area (Å²) in [6.07, 6.45) is -0.620. The molecule has 0 saturated carbocycles. The van der Waals surface area contributed by atoms with Gasteiger partial charge in [0, 0.05) is 11.1 Å². The van der Waals surface area contributed by atoms with Gasteiger partial charge in [0.25, 0.3) is 5.69 Å². The molecule has 1 unspecified atom stereocenters. The third-order valence-corrected chi connectivity index (χ3v) is 3.36. The third kappa shape index (κ3) is 5.25. The summed E-state index contributed by atoms with van der Waals surface area (Å²) in [4.78, 5) is 22.3. The quantitative estimate of drug-likeness (QED) is 0.460. The second-order valence-electron chi connectivity index (χ2n) is 4.95. The minimum absolute atomic E-state index is 0.137. The molecule has 2 amide bonds. The van der Waals surface area contributed by atoms with E-state index < -0.39 is 17.2 Å². The van der Waals surface area contributed by atoms with Crippen LogP contribution in [0.15, 0.2) is 42.5 Å². The highest BCUT2D eigenvalue weighted by Gasteiger charge is 2.15.